The fraction of sp³-hybridized carbons (Fsp3) is 0.538. The van der Waals surface area contributed by atoms with Crippen LogP contribution in [0, 0.1) is 5.92 Å². The number of aliphatic imine (C=N–C) groups is 1. The lowest BCUT2D eigenvalue weighted by Crippen LogP contribution is -2.06. The number of nitrogens with zero attached hydrogens (tertiary/aromatic N) is 1. The first-order valence-electron chi connectivity index (χ1n) is 6.13. The van der Waals surface area contributed by atoms with Crippen molar-refractivity contribution in [2.45, 2.75) is 32.6 Å². The molecule has 0 saturated heterocycles. The number of nitrogens with one attached hydrogen (secondary N) is 1. The van der Waals surface area contributed by atoms with E-state index in [2.05, 4.69) is 16.9 Å². The molecule has 4 heteroatoms. The number of aryl methyl sites for hydroxylation is 1. The molecule has 0 spiro atoms. The quantitative estimate of drug-likeness (QED) is 0.820. The van der Waals surface area contributed by atoms with Crippen molar-refractivity contribution in [2.24, 2.45) is 10.9 Å². The van der Waals surface area contributed by atoms with Crippen molar-refractivity contribution in [3.63, 3.8) is 0 Å². The summed E-state index contributed by atoms with van der Waals surface area (Å²) >= 11 is 0. The van der Waals surface area contributed by atoms with E-state index in [1.54, 1.807) is 6.21 Å². The minimum Gasteiger partial charge on any atom is -0.396 e. The highest BCUT2D eigenvalue weighted by molar-refractivity contribution is 6.09. The maximum atomic E-state index is 11.6. The molecule has 0 bridgehead atoms. The van der Waals surface area contributed by atoms with Crippen LogP contribution in [0.15, 0.2) is 11.2 Å². The van der Waals surface area contributed by atoms with Gasteiger partial charge >= 0.3 is 0 Å². The zero-order valence-electron chi connectivity index (χ0n) is 10.1. The maximum absolute atomic E-state index is 11.6. The van der Waals surface area contributed by atoms with Crippen LogP contribution in [0.2, 0.25) is 0 Å². The Morgan fingerprint density at radius 1 is 1.59 bits per heavy atom. The standard InChI is InChI=1S/C13H18N2O2/c1-2-9(8-16)3-4-10-7-15-13-11(17)5-6-14-12(10)13/h6-7,9,15-16H,2-5,8H2,1H3/t9-/m1/s1. The third-order valence-electron chi connectivity index (χ3n) is 3.37. The van der Waals surface area contributed by atoms with Crippen LogP contribution < -0.4 is 0 Å². The summed E-state index contributed by atoms with van der Waals surface area (Å²) in [7, 11) is 0. The largest absolute Gasteiger partial charge is 0.396 e. The summed E-state index contributed by atoms with van der Waals surface area (Å²) in [5.41, 5.74) is 2.52. The third-order valence-corrected chi connectivity index (χ3v) is 3.37. The van der Waals surface area contributed by atoms with Gasteiger partial charge in [0.1, 0.15) is 5.69 Å². The van der Waals surface area contributed by atoms with Crippen LogP contribution in [0.1, 0.15) is 42.2 Å². The van der Waals surface area contributed by atoms with Gasteiger partial charge in [-0.3, -0.25) is 9.79 Å². The van der Waals surface area contributed by atoms with Crippen LogP contribution in [0.4, 0.5) is 5.69 Å². The van der Waals surface area contributed by atoms with Gasteiger partial charge in [0.25, 0.3) is 0 Å². The summed E-state index contributed by atoms with van der Waals surface area (Å²) in [6.07, 6.45) is 6.70. The summed E-state index contributed by atoms with van der Waals surface area (Å²) in [5, 5.41) is 9.14. The number of aliphatic hydroxyl groups excluding tert-OH is 1. The number of rotatable bonds is 5. The summed E-state index contributed by atoms with van der Waals surface area (Å²) in [5.74, 6) is 0.444. The average molecular weight is 234 g/mol. The van der Waals surface area contributed by atoms with E-state index in [0.29, 0.717) is 18.0 Å². The summed E-state index contributed by atoms with van der Waals surface area (Å²) in [6.45, 7) is 2.31. The minimum absolute atomic E-state index is 0.107. The number of fused-ring (bicyclic) bond motifs is 1. The normalized spacial score (nSPS) is 16.0. The highest BCUT2D eigenvalue weighted by Gasteiger charge is 2.19. The molecular formula is C13H18N2O2. The number of carbonyl (C=O) groups excluding carboxylic acids is 1. The molecule has 1 atom stereocenters. The molecule has 4 nitrogen and oxygen atoms in total. The van der Waals surface area contributed by atoms with E-state index < -0.39 is 0 Å². The first-order chi connectivity index (χ1) is 8.26. The molecule has 0 radical (unpaired) electrons. The maximum Gasteiger partial charge on any atom is 0.186 e. The van der Waals surface area contributed by atoms with E-state index in [1.807, 2.05) is 6.20 Å². The van der Waals surface area contributed by atoms with Crippen molar-refractivity contribution in [3.05, 3.63) is 17.5 Å². The van der Waals surface area contributed by atoms with Crippen LogP contribution in [0.3, 0.4) is 0 Å². The van der Waals surface area contributed by atoms with Crippen molar-refractivity contribution < 1.29 is 9.90 Å². The molecule has 92 valence electrons. The van der Waals surface area contributed by atoms with Gasteiger partial charge in [-0.2, -0.15) is 0 Å². The Hall–Kier alpha value is -1.42. The highest BCUT2D eigenvalue weighted by Crippen LogP contribution is 2.29. The Balaban J connectivity index is 2.08. The van der Waals surface area contributed by atoms with Gasteiger partial charge in [0.2, 0.25) is 0 Å². The third kappa shape index (κ3) is 2.47. The molecule has 0 aliphatic carbocycles. The monoisotopic (exact) mass is 234 g/mol. The van der Waals surface area contributed by atoms with Crippen molar-refractivity contribution in [1.82, 2.24) is 4.98 Å². The highest BCUT2D eigenvalue weighted by atomic mass is 16.3. The zero-order valence-corrected chi connectivity index (χ0v) is 10.1. The molecule has 0 amide bonds. The predicted octanol–water partition coefficient (Wildman–Crippen LogP) is 2.25. The van der Waals surface area contributed by atoms with Gasteiger partial charge in [-0.05, 0) is 24.3 Å². The molecule has 1 aromatic rings. The SMILES string of the molecule is CC[C@@H](CO)CCc1c[nH]c2c1N=CCC2=O. The summed E-state index contributed by atoms with van der Waals surface area (Å²) < 4.78 is 0. The first-order valence-corrected chi connectivity index (χ1v) is 6.13. The number of ketones is 1. The Bertz CT molecular complexity index is 431. The van der Waals surface area contributed by atoms with Crippen LogP contribution in [0.25, 0.3) is 0 Å². The number of aromatic nitrogens is 1. The number of H-pyrrole nitrogens is 1. The van der Waals surface area contributed by atoms with E-state index >= 15 is 0 Å². The van der Waals surface area contributed by atoms with Crippen molar-refractivity contribution in [3.8, 4) is 0 Å². The molecule has 0 unspecified atom stereocenters. The van der Waals surface area contributed by atoms with Gasteiger partial charge in [-0.25, -0.2) is 0 Å². The number of hydrogen-bond acceptors (Lipinski definition) is 3. The Kier molecular flexibility index (Phi) is 3.74. The van der Waals surface area contributed by atoms with Crippen LogP contribution in [0.5, 0.6) is 0 Å². The van der Waals surface area contributed by atoms with E-state index in [1.165, 1.54) is 0 Å². The second kappa shape index (κ2) is 5.27. The van der Waals surface area contributed by atoms with Crippen molar-refractivity contribution in [2.75, 3.05) is 6.61 Å². The van der Waals surface area contributed by atoms with Crippen LogP contribution >= 0.6 is 0 Å². The lowest BCUT2D eigenvalue weighted by molar-refractivity contribution is 0.0997. The molecule has 1 aliphatic heterocycles. The average Bonchev–Trinajstić information content (AvgIpc) is 2.75. The van der Waals surface area contributed by atoms with Crippen LogP contribution in [-0.4, -0.2) is 28.7 Å². The van der Waals surface area contributed by atoms with Gasteiger partial charge < -0.3 is 10.1 Å². The lowest BCUT2D eigenvalue weighted by Gasteiger charge is -2.11. The second-order valence-electron chi connectivity index (χ2n) is 4.47. The Morgan fingerprint density at radius 2 is 2.41 bits per heavy atom. The van der Waals surface area contributed by atoms with E-state index in [0.717, 1.165) is 30.5 Å². The molecule has 17 heavy (non-hydrogen) atoms. The van der Waals surface area contributed by atoms with Gasteiger partial charge in [-0.1, -0.05) is 13.3 Å². The summed E-state index contributed by atoms with van der Waals surface area (Å²) in [6, 6.07) is 0. The predicted molar refractivity (Wildman–Crippen MR) is 67.1 cm³/mol. The Labute approximate surface area is 101 Å². The van der Waals surface area contributed by atoms with E-state index in [-0.39, 0.29) is 12.4 Å². The summed E-state index contributed by atoms with van der Waals surface area (Å²) in [4.78, 5) is 18.9. The molecule has 2 heterocycles. The molecule has 0 saturated carbocycles. The van der Waals surface area contributed by atoms with E-state index in [9.17, 15) is 4.79 Å². The fourth-order valence-corrected chi connectivity index (χ4v) is 2.11. The van der Waals surface area contributed by atoms with Gasteiger partial charge in [0, 0.05) is 25.4 Å². The smallest absolute Gasteiger partial charge is 0.186 e. The van der Waals surface area contributed by atoms with Crippen LogP contribution in [-0.2, 0) is 6.42 Å². The molecular weight excluding hydrogens is 216 g/mol. The van der Waals surface area contributed by atoms with Crippen molar-refractivity contribution >= 4 is 17.7 Å². The van der Waals surface area contributed by atoms with E-state index in [4.69, 9.17) is 5.11 Å². The zero-order chi connectivity index (χ0) is 12.3. The number of aromatic amines is 1. The fourth-order valence-electron chi connectivity index (χ4n) is 2.11. The molecule has 0 aromatic carbocycles. The van der Waals surface area contributed by atoms with Gasteiger partial charge in [0.15, 0.2) is 5.78 Å². The molecule has 2 N–H and O–H groups in total. The molecule has 2 rings (SSSR count). The first kappa shape index (κ1) is 12.0. The lowest BCUT2D eigenvalue weighted by atomic mass is 9.98. The molecule has 0 fully saturated rings. The number of hydrogen-bond donors (Lipinski definition) is 2. The van der Waals surface area contributed by atoms with Crippen molar-refractivity contribution in [1.29, 1.82) is 0 Å². The minimum atomic E-state index is 0.107. The number of Topliss-reactive ketones (excluding diaryl/α,β-unsaturated/α-hetero) is 1. The molecule has 1 aromatic heterocycles. The number of carbonyl (C=O) groups is 1. The van der Waals surface area contributed by atoms with Gasteiger partial charge in [-0.15, -0.1) is 0 Å². The molecule has 1 aliphatic rings. The Morgan fingerprint density at radius 3 is 3.12 bits per heavy atom. The topological polar surface area (TPSA) is 65.4 Å². The second-order valence-corrected chi connectivity index (χ2v) is 4.47. The van der Waals surface area contributed by atoms with Gasteiger partial charge in [0.05, 0.1) is 5.69 Å². The number of aliphatic hydroxyl groups is 1.